The van der Waals surface area contributed by atoms with Gasteiger partial charge in [0.15, 0.2) is 17.6 Å². The molecular formula is C31H23N3O5. The van der Waals surface area contributed by atoms with Gasteiger partial charge < -0.3 is 19.5 Å². The Hall–Kier alpha value is -5.16. The van der Waals surface area contributed by atoms with E-state index in [4.69, 9.17) is 19.2 Å². The highest BCUT2D eigenvalue weighted by Gasteiger charge is 2.29. The molecule has 39 heavy (non-hydrogen) atoms. The van der Waals surface area contributed by atoms with Crippen molar-refractivity contribution >= 4 is 40.1 Å². The lowest BCUT2D eigenvalue weighted by Crippen LogP contribution is -2.30. The molecule has 2 heterocycles. The largest absolute Gasteiger partial charge is 0.454 e. The second kappa shape index (κ2) is 9.95. The van der Waals surface area contributed by atoms with E-state index in [1.807, 2.05) is 54.6 Å². The highest BCUT2D eigenvalue weighted by Crippen LogP contribution is 2.39. The number of aromatic nitrogens is 1. The van der Waals surface area contributed by atoms with Crippen molar-refractivity contribution in [3.05, 3.63) is 94.7 Å². The van der Waals surface area contributed by atoms with Crippen molar-refractivity contribution in [2.45, 2.75) is 25.9 Å². The molecule has 0 saturated carbocycles. The Labute approximate surface area is 224 Å². The normalized spacial score (nSPS) is 15.0. The molecule has 1 aliphatic heterocycles. The van der Waals surface area contributed by atoms with Gasteiger partial charge in [0.2, 0.25) is 6.79 Å². The monoisotopic (exact) mass is 517 g/mol. The quantitative estimate of drug-likeness (QED) is 0.348. The third-order valence-corrected chi connectivity index (χ3v) is 6.84. The first-order chi connectivity index (χ1) is 19.0. The molecule has 1 aromatic heterocycles. The lowest BCUT2D eigenvalue weighted by molar-refractivity contribution is -0.123. The van der Waals surface area contributed by atoms with Crippen molar-refractivity contribution in [1.29, 1.82) is 5.26 Å². The fraction of sp³-hybridized carbons (Fsp3) is 0.161. The molecule has 3 aromatic carbocycles. The summed E-state index contributed by atoms with van der Waals surface area (Å²) in [7, 11) is 0. The third kappa shape index (κ3) is 4.55. The van der Waals surface area contributed by atoms with Crippen LogP contribution in [0.5, 0.6) is 11.5 Å². The molecule has 2 aliphatic rings. The van der Waals surface area contributed by atoms with Gasteiger partial charge in [-0.3, -0.25) is 4.79 Å². The second-order valence-electron chi connectivity index (χ2n) is 9.31. The average molecular weight is 518 g/mol. The molecule has 192 valence electrons. The van der Waals surface area contributed by atoms with Gasteiger partial charge in [-0.15, -0.1) is 0 Å². The Balaban J connectivity index is 1.31. The van der Waals surface area contributed by atoms with Gasteiger partial charge in [-0.25, -0.2) is 9.78 Å². The summed E-state index contributed by atoms with van der Waals surface area (Å²) in [5.41, 5.74) is 5.27. The fourth-order valence-electron chi connectivity index (χ4n) is 4.91. The van der Waals surface area contributed by atoms with E-state index >= 15 is 0 Å². The van der Waals surface area contributed by atoms with Gasteiger partial charge in [0, 0.05) is 5.39 Å². The number of hydrogen-bond acceptors (Lipinski definition) is 7. The van der Waals surface area contributed by atoms with Gasteiger partial charge in [0.05, 0.1) is 28.0 Å². The molecule has 0 bridgehead atoms. The first kappa shape index (κ1) is 24.2. The van der Waals surface area contributed by atoms with Crippen LogP contribution in [0.2, 0.25) is 0 Å². The molecule has 1 amide bonds. The summed E-state index contributed by atoms with van der Waals surface area (Å²) in [5.74, 6) is 0.296. The summed E-state index contributed by atoms with van der Waals surface area (Å²) in [6, 6.07) is 21.9. The number of allylic oxidation sites excluding steroid dienone is 1. The molecule has 1 N–H and O–H groups in total. The van der Waals surface area contributed by atoms with Crippen molar-refractivity contribution in [3.63, 3.8) is 0 Å². The van der Waals surface area contributed by atoms with Crippen LogP contribution in [-0.2, 0) is 16.0 Å². The number of amides is 1. The van der Waals surface area contributed by atoms with E-state index in [9.17, 15) is 14.9 Å². The number of anilines is 1. The Morgan fingerprint density at radius 1 is 1.05 bits per heavy atom. The van der Waals surface area contributed by atoms with Crippen LogP contribution in [0, 0.1) is 11.3 Å². The number of fused-ring (bicyclic) bond motifs is 3. The number of nitrogens with zero attached hydrogens (tertiary/aromatic N) is 2. The number of rotatable bonds is 5. The van der Waals surface area contributed by atoms with E-state index in [1.54, 1.807) is 24.3 Å². The van der Waals surface area contributed by atoms with E-state index in [0.717, 1.165) is 22.4 Å². The highest BCUT2D eigenvalue weighted by molar-refractivity contribution is 6.08. The predicted octanol–water partition coefficient (Wildman–Crippen LogP) is 5.51. The molecule has 1 aliphatic carbocycles. The molecule has 6 rings (SSSR count). The standard InChI is InChI=1S/C31H23N3O5/c1-18(30(35)34-24-8-4-2-6-21(24)16-32)39-31(36)28-22-7-3-5-9-25(22)33-29-20(11-12-23(28)29)14-19-10-13-26-27(15-19)38-17-37-26/h2-10,13-15,18H,11-12,17H2,1H3,(H,34,35)/b20-14-/t18-/m0/s1. The summed E-state index contributed by atoms with van der Waals surface area (Å²) in [5, 5.41) is 12.7. The predicted molar refractivity (Wildman–Crippen MR) is 145 cm³/mol. The molecule has 0 unspecified atom stereocenters. The number of nitriles is 1. The van der Waals surface area contributed by atoms with E-state index in [-0.39, 0.29) is 6.79 Å². The van der Waals surface area contributed by atoms with Crippen LogP contribution in [-0.4, -0.2) is 29.8 Å². The van der Waals surface area contributed by atoms with E-state index < -0.39 is 18.0 Å². The minimum Gasteiger partial charge on any atom is -0.454 e. The third-order valence-electron chi connectivity index (χ3n) is 6.84. The number of hydrogen-bond donors (Lipinski definition) is 1. The van der Waals surface area contributed by atoms with E-state index in [0.29, 0.717) is 52.1 Å². The first-order valence-corrected chi connectivity index (χ1v) is 12.5. The number of esters is 1. The van der Waals surface area contributed by atoms with Crippen molar-refractivity contribution in [2.75, 3.05) is 12.1 Å². The van der Waals surface area contributed by atoms with Gasteiger partial charge in [-0.1, -0.05) is 36.4 Å². The SMILES string of the molecule is C[C@H](OC(=O)c1c2c(nc3ccccc13)/C(=C\c1ccc3c(c1)OCO3)CC2)C(=O)Nc1ccccc1C#N. The zero-order chi connectivity index (χ0) is 26.9. The van der Waals surface area contributed by atoms with Crippen LogP contribution in [0.1, 0.15) is 46.1 Å². The number of carbonyl (C=O) groups is 2. The second-order valence-corrected chi connectivity index (χ2v) is 9.31. The summed E-state index contributed by atoms with van der Waals surface area (Å²) < 4.78 is 16.6. The van der Waals surface area contributed by atoms with Gasteiger partial charge >= 0.3 is 5.97 Å². The summed E-state index contributed by atoms with van der Waals surface area (Å²) in [4.78, 5) is 31.3. The minimum atomic E-state index is -1.09. The first-order valence-electron chi connectivity index (χ1n) is 12.5. The number of carbonyl (C=O) groups excluding carboxylic acids is 2. The number of benzene rings is 3. The van der Waals surface area contributed by atoms with Gasteiger partial charge in [-0.2, -0.15) is 5.26 Å². The van der Waals surface area contributed by atoms with Crippen LogP contribution in [0.3, 0.4) is 0 Å². The van der Waals surface area contributed by atoms with Crippen LogP contribution < -0.4 is 14.8 Å². The topological polar surface area (TPSA) is 111 Å². The molecule has 0 saturated heterocycles. The Morgan fingerprint density at radius 3 is 2.72 bits per heavy atom. The maximum Gasteiger partial charge on any atom is 0.339 e. The highest BCUT2D eigenvalue weighted by atomic mass is 16.7. The number of pyridine rings is 1. The zero-order valence-corrected chi connectivity index (χ0v) is 21.1. The molecule has 8 nitrogen and oxygen atoms in total. The lowest BCUT2D eigenvalue weighted by Gasteiger charge is -2.17. The smallest absolute Gasteiger partial charge is 0.339 e. The van der Waals surface area contributed by atoms with Gasteiger partial charge in [0.25, 0.3) is 5.91 Å². The maximum atomic E-state index is 13.6. The zero-order valence-electron chi connectivity index (χ0n) is 21.1. The van der Waals surface area contributed by atoms with E-state index in [2.05, 4.69) is 5.32 Å². The van der Waals surface area contributed by atoms with Crippen molar-refractivity contribution in [3.8, 4) is 17.6 Å². The Morgan fingerprint density at radius 2 is 1.85 bits per heavy atom. The molecule has 4 aromatic rings. The maximum absolute atomic E-state index is 13.6. The molecule has 0 fully saturated rings. The summed E-state index contributed by atoms with van der Waals surface area (Å²) in [6.45, 7) is 1.72. The fourth-order valence-corrected chi connectivity index (χ4v) is 4.91. The van der Waals surface area contributed by atoms with Crippen LogP contribution in [0.25, 0.3) is 22.6 Å². The Kier molecular flexibility index (Phi) is 6.17. The number of para-hydroxylation sites is 2. The molecule has 0 radical (unpaired) electrons. The van der Waals surface area contributed by atoms with Crippen molar-refractivity contribution in [1.82, 2.24) is 4.98 Å². The van der Waals surface area contributed by atoms with Crippen molar-refractivity contribution < 1.29 is 23.8 Å². The van der Waals surface area contributed by atoms with Gasteiger partial charge in [0.1, 0.15) is 6.07 Å². The lowest BCUT2D eigenvalue weighted by atomic mass is 10.0. The van der Waals surface area contributed by atoms with Crippen LogP contribution in [0.4, 0.5) is 5.69 Å². The Bertz CT molecular complexity index is 1720. The number of nitrogens with one attached hydrogen (secondary N) is 1. The minimum absolute atomic E-state index is 0.207. The van der Waals surface area contributed by atoms with Crippen LogP contribution >= 0.6 is 0 Å². The average Bonchev–Trinajstić information content (AvgIpc) is 3.58. The molecule has 1 atom stereocenters. The molecule has 8 heteroatoms. The number of ether oxygens (including phenoxy) is 3. The van der Waals surface area contributed by atoms with Crippen molar-refractivity contribution in [2.24, 2.45) is 0 Å². The molecular weight excluding hydrogens is 494 g/mol. The summed E-state index contributed by atoms with van der Waals surface area (Å²) in [6.07, 6.45) is 2.28. The molecule has 0 spiro atoms. The van der Waals surface area contributed by atoms with E-state index in [1.165, 1.54) is 6.92 Å². The van der Waals surface area contributed by atoms with Crippen LogP contribution in [0.15, 0.2) is 66.7 Å². The summed E-state index contributed by atoms with van der Waals surface area (Å²) >= 11 is 0. The van der Waals surface area contributed by atoms with Gasteiger partial charge in [-0.05, 0) is 72.9 Å².